The van der Waals surface area contributed by atoms with E-state index in [2.05, 4.69) is 17.2 Å². The monoisotopic (exact) mass is 199 g/mol. The summed E-state index contributed by atoms with van der Waals surface area (Å²) in [6, 6.07) is 1.80. The van der Waals surface area contributed by atoms with Crippen molar-refractivity contribution in [2.24, 2.45) is 5.73 Å². The molecule has 0 radical (unpaired) electrons. The number of pyridine rings is 1. The van der Waals surface area contributed by atoms with E-state index in [1.54, 1.807) is 12.3 Å². The second-order valence-corrected chi connectivity index (χ2v) is 3.18. The van der Waals surface area contributed by atoms with Gasteiger partial charge in [0, 0.05) is 30.5 Å². The third-order valence-corrected chi connectivity index (χ3v) is 1.95. The quantitative estimate of drug-likeness (QED) is 0.730. The topological polar surface area (TPSA) is 50.9 Å². The number of nitrogens with one attached hydrogen (secondary N) is 1. The molecule has 0 saturated carbocycles. The van der Waals surface area contributed by atoms with E-state index in [0.29, 0.717) is 11.7 Å². The number of aromatic nitrogens is 1. The average molecular weight is 200 g/mol. The Kier molecular flexibility index (Phi) is 3.99. The van der Waals surface area contributed by atoms with Gasteiger partial charge in [-0.25, -0.2) is 4.98 Å². The molecule has 0 saturated heterocycles. The SMILES string of the molecule is CCCNc1cc(Cl)ncc1CN. The van der Waals surface area contributed by atoms with E-state index in [1.165, 1.54) is 0 Å². The Morgan fingerprint density at radius 3 is 3.00 bits per heavy atom. The van der Waals surface area contributed by atoms with Crippen LogP contribution < -0.4 is 11.1 Å². The molecule has 3 nitrogen and oxygen atoms in total. The van der Waals surface area contributed by atoms with E-state index >= 15 is 0 Å². The molecule has 0 bridgehead atoms. The minimum atomic E-state index is 0.482. The fourth-order valence-corrected chi connectivity index (χ4v) is 1.20. The highest BCUT2D eigenvalue weighted by Gasteiger charge is 2.01. The van der Waals surface area contributed by atoms with Crippen LogP contribution in [-0.4, -0.2) is 11.5 Å². The molecule has 4 heteroatoms. The van der Waals surface area contributed by atoms with Crippen LogP contribution in [-0.2, 0) is 6.54 Å². The molecule has 3 N–H and O–H groups in total. The molecule has 72 valence electrons. The molecule has 0 aliphatic heterocycles. The molecular formula is C9H14ClN3. The van der Waals surface area contributed by atoms with E-state index in [0.717, 1.165) is 24.2 Å². The maximum Gasteiger partial charge on any atom is 0.131 e. The summed E-state index contributed by atoms with van der Waals surface area (Å²) in [7, 11) is 0. The van der Waals surface area contributed by atoms with Crippen molar-refractivity contribution in [2.75, 3.05) is 11.9 Å². The fourth-order valence-electron chi connectivity index (χ4n) is 1.05. The number of nitrogens with zero attached hydrogens (tertiary/aromatic N) is 1. The third-order valence-electron chi connectivity index (χ3n) is 1.74. The predicted octanol–water partition coefficient (Wildman–Crippen LogP) is 2.02. The summed E-state index contributed by atoms with van der Waals surface area (Å²) in [4.78, 5) is 3.96. The highest BCUT2D eigenvalue weighted by Crippen LogP contribution is 2.17. The van der Waals surface area contributed by atoms with Crippen LogP contribution in [0.1, 0.15) is 18.9 Å². The Balaban J connectivity index is 2.81. The Bertz CT molecular complexity index is 276. The summed E-state index contributed by atoms with van der Waals surface area (Å²) in [5.41, 5.74) is 7.54. The second-order valence-electron chi connectivity index (χ2n) is 2.80. The van der Waals surface area contributed by atoms with Crippen LogP contribution in [0.3, 0.4) is 0 Å². The second kappa shape index (κ2) is 5.04. The van der Waals surface area contributed by atoms with E-state index in [-0.39, 0.29) is 0 Å². The van der Waals surface area contributed by atoms with E-state index in [9.17, 15) is 0 Å². The summed E-state index contributed by atoms with van der Waals surface area (Å²) in [5.74, 6) is 0. The summed E-state index contributed by atoms with van der Waals surface area (Å²) in [6.07, 6.45) is 2.78. The molecular weight excluding hydrogens is 186 g/mol. The van der Waals surface area contributed by atoms with Crippen LogP contribution >= 0.6 is 11.6 Å². The van der Waals surface area contributed by atoms with Crippen molar-refractivity contribution in [1.29, 1.82) is 0 Å². The van der Waals surface area contributed by atoms with Crippen molar-refractivity contribution in [2.45, 2.75) is 19.9 Å². The van der Waals surface area contributed by atoms with Gasteiger partial charge in [-0.2, -0.15) is 0 Å². The fraction of sp³-hybridized carbons (Fsp3) is 0.444. The van der Waals surface area contributed by atoms with Crippen LogP contribution in [0, 0.1) is 0 Å². The smallest absolute Gasteiger partial charge is 0.131 e. The van der Waals surface area contributed by atoms with Crippen LogP contribution in [0.5, 0.6) is 0 Å². The van der Waals surface area contributed by atoms with Gasteiger partial charge in [0.1, 0.15) is 5.15 Å². The Morgan fingerprint density at radius 1 is 1.62 bits per heavy atom. The Morgan fingerprint density at radius 2 is 2.38 bits per heavy atom. The van der Waals surface area contributed by atoms with Gasteiger partial charge in [0.25, 0.3) is 0 Å². The molecule has 13 heavy (non-hydrogen) atoms. The predicted molar refractivity (Wildman–Crippen MR) is 55.9 cm³/mol. The van der Waals surface area contributed by atoms with Crippen molar-refractivity contribution in [3.05, 3.63) is 23.0 Å². The first kappa shape index (κ1) is 10.3. The van der Waals surface area contributed by atoms with Gasteiger partial charge >= 0.3 is 0 Å². The van der Waals surface area contributed by atoms with Crippen LogP contribution in [0.2, 0.25) is 5.15 Å². The lowest BCUT2D eigenvalue weighted by molar-refractivity contribution is 0.964. The molecule has 0 amide bonds. The van der Waals surface area contributed by atoms with Gasteiger partial charge in [-0.1, -0.05) is 18.5 Å². The van der Waals surface area contributed by atoms with Gasteiger partial charge in [-0.05, 0) is 12.5 Å². The molecule has 1 aromatic rings. The normalized spacial score (nSPS) is 10.1. The summed E-state index contributed by atoms with van der Waals surface area (Å²) >= 11 is 5.76. The van der Waals surface area contributed by atoms with Crippen LogP contribution in [0.15, 0.2) is 12.3 Å². The molecule has 1 rings (SSSR count). The maximum atomic E-state index is 5.76. The third kappa shape index (κ3) is 2.86. The molecule has 0 unspecified atom stereocenters. The van der Waals surface area contributed by atoms with Gasteiger partial charge in [-0.15, -0.1) is 0 Å². The molecule has 0 aliphatic rings. The largest absolute Gasteiger partial charge is 0.385 e. The Labute approximate surface area is 83.3 Å². The zero-order valence-electron chi connectivity index (χ0n) is 7.68. The standard InChI is InChI=1S/C9H14ClN3/c1-2-3-12-8-4-9(10)13-6-7(8)5-11/h4,6H,2-3,5,11H2,1H3,(H,12,13). The first-order valence-electron chi connectivity index (χ1n) is 4.36. The van der Waals surface area contributed by atoms with E-state index in [1.807, 2.05) is 0 Å². The van der Waals surface area contributed by atoms with Crippen molar-refractivity contribution in [3.63, 3.8) is 0 Å². The van der Waals surface area contributed by atoms with E-state index < -0.39 is 0 Å². The Hall–Kier alpha value is -0.800. The van der Waals surface area contributed by atoms with Gasteiger partial charge < -0.3 is 11.1 Å². The summed E-state index contributed by atoms with van der Waals surface area (Å²) < 4.78 is 0. The number of hydrogen-bond acceptors (Lipinski definition) is 3. The van der Waals surface area contributed by atoms with Crippen LogP contribution in [0.4, 0.5) is 5.69 Å². The van der Waals surface area contributed by atoms with Gasteiger partial charge in [-0.3, -0.25) is 0 Å². The van der Waals surface area contributed by atoms with Crippen molar-refractivity contribution in [1.82, 2.24) is 4.98 Å². The number of anilines is 1. The molecule has 0 aliphatic carbocycles. The zero-order chi connectivity index (χ0) is 9.68. The highest BCUT2D eigenvalue weighted by molar-refractivity contribution is 6.29. The molecule has 0 atom stereocenters. The molecule has 1 aromatic heterocycles. The van der Waals surface area contributed by atoms with Crippen LogP contribution in [0.25, 0.3) is 0 Å². The minimum absolute atomic E-state index is 0.482. The lowest BCUT2D eigenvalue weighted by atomic mass is 10.2. The van der Waals surface area contributed by atoms with Gasteiger partial charge in [0.05, 0.1) is 0 Å². The highest BCUT2D eigenvalue weighted by atomic mass is 35.5. The number of nitrogens with two attached hydrogens (primary N) is 1. The number of halogens is 1. The lowest BCUT2D eigenvalue weighted by Crippen LogP contribution is -2.06. The van der Waals surface area contributed by atoms with Gasteiger partial charge in [0.15, 0.2) is 0 Å². The zero-order valence-corrected chi connectivity index (χ0v) is 8.43. The first-order valence-corrected chi connectivity index (χ1v) is 4.74. The van der Waals surface area contributed by atoms with Crippen molar-refractivity contribution >= 4 is 17.3 Å². The van der Waals surface area contributed by atoms with E-state index in [4.69, 9.17) is 17.3 Å². The summed E-state index contributed by atoms with van der Waals surface area (Å²) in [6.45, 7) is 3.52. The summed E-state index contributed by atoms with van der Waals surface area (Å²) in [5, 5.41) is 3.75. The lowest BCUT2D eigenvalue weighted by Gasteiger charge is -2.09. The van der Waals surface area contributed by atoms with Crippen molar-refractivity contribution in [3.8, 4) is 0 Å². The molecule has 0 spiro atoms. The maximum absolute atomic E-state index is 5.76. The molecule has 0 fully saturated rings. The molecule has 1 heterocycles. The van der Waals surface area contributed by atoms with Gasteiger partial charge in [0.2, 0.25) is 0 Å². The van der Waals surface area contributed by atoms with Crippen molar-refractivity contribution < 1.29 is 0 Å². The average Bonchev–Trinajstić information content (AvgIpc) is 2.15. The minimum Gasteiger partial charge on any atom is -0.385 e. The first-order chi connectivity index (χ1) is 6.27. The number of hydrogen-bond donors (Lipinski definition) is 2. The number of rotatable bonds is 4. The molecule has 0 aromatic carbocycles.